The van der Waals surface area contributed by atoms with Crippen molar-refractivity contribution in [2.75, 3.05) is 26.6 Å². The molecule has 5 heteroatoms. The molecule has 5 nitrogen and oxygen atoms in total. The van der Waals surface area contributed by atoms with Gasteiger partial charge in [-0.3, -0.25) is 4.79 Å². The molecule has 21 heavy (non-hydrogen) atoms. The van der Waals surface area contributed by atoms with Crippen LogP contribution in [-0.4, -0.2) is 32.5 Å². The molecule has 1 aromatic carbocycles. The highest BCUT2D eigenvalue weighted by atomic mass is 16.7. The van der Waals surface area contributed by atoms with E-state index in [1.807, 2.05) is 18.2 Å². The van der Waals surface area contributed by atoms with Crippen molar-refractivity contribution in [1.82, 2.24) is 5.32 Å². The third kappa shape index (κ3) is 5.27. The molecule has 1 amide bonds. The fraction of sp³-hybridized carbons (Fsp3) is 0.562. The Morgan fingerprint density at radius 1 is 1.33 bits per heavy atom. The molecule has 1 N–H and O–H groups in total. The van der Waals surface area contributed by atoms with Crippen molar-refractivity contribution < 1.29 is 19.0 Å². The van der Waals surface area contributed by atoms with Crippen LogP contribution in [0.1, 0.15) is 25.8 Å². The first-order valence-electron chi connectivity index (χ1n) is 7.38. The number of nitrogens with one attached hydrogen (secondary N) is 1. The number of amides is 1. The topological polar surface area (TPSA) is 56.8 Å². The van der Waals surface area contributed by atoms with Crippen LogP contribution in [0.2, 0.25) is 0 Å². The Bertz CT molecular complexity index is 473. The van der Waals surface area contributed by atoms with Crippen LogP contribution >= 0.6 is 0 Å². The molecule has 2 rings (SSSR count). The average molecular weight is 293 g/mol. The summed E-state index contributed by atoms with van der Waals surface area (Å²) < 4.78 is 16.0. The summed E-state index contributed by atoms with van der Waals surface area (Å²) in [6.07, 6.45) is 1.18. The van der Waals surface area contributed by atoms with Crippen molar-refractivity contribution in [3.05, 3.63) is 23.8 Å². The fourth-order valence-corrected chi connectivity index (χ4v) is 2.02. The number of hydrogen-bond acceptors (Lipinski definition) is 4. The summed E-state index contributed by atoms with van der Waals surface area (Å²) in [5.74, 6) is 2.09. The summed E-state index contributed by atoms with van der Waals surface area (Å²) in [7, 11) is 0. The smallest absolute Gasteiger partial charge is 0.231 e. The van der Waals surface area contributed by atoms with Gasteiger partial charge in [-0.1, -0.05) is 19.9 Å². The number of benzene rings is 1. The Kier molecular flexibility index (Phi) is 5.87. The van der Waals surface area contributed by atoms with E-state index in [2.05, 4.69) is 19.2 Å². The number of rotatable bonds is 8. The minimum Gasteiger partial charge on any atom is -0.454 e. The summed E-state index contributed by atoms with van der Waals surface area (Å²) in [5.41, 5.74) is 1.12. The number of carbonyl (C=O) groups excluding carboxylic acids is 1. The van der Waals surface area contributed by atoms with Crippen LogP contribution in [0.3, 0.4) is 0 Å². The van der Waals surface area contributed by atoms with Gasteiger partial charge >= 0.3 is 0 Å². The van der Waals surface area contributed by atoms with Crippen LogP contribution in [-0.2, 0) is 16.0 Å². The van der Waals surface area contributed by atoms with Gasteiger partial charge in [-0.25, -0.2) is 0 Å². The number of carbonyl (C=O) groups is 1. The Morgan fingerprint density at radius 3 is 2.95 bits per heavy atom. The van der Waals surface area contributed by atoms with Gasteiger partial charge in [0.25, 0.3) is 0 Å². The molecule has 0 spiro atoms. The second-order valence-corrected chi connectivity index (χ2v) is 5.51. The van der Waals surface area contributed by atoms with Gasteiger partial charge in [-0.2, -0.15) is 0 Å². The number of hydrogen-bond donors (Lipinski definition) is 1. The van der Waals surface area contributed by atoms with Crippen LogP contribution in [0.25, 0.3) is 0 Å². The molecule has 0 atom stereocenters. The molecule has 0 saturated heterocycles. The number of ether oxygens (including phenoxy) is 3. The summed E-state index contributed by atoms with van der Waals surface area (Å²) >= 11 is 0. The van der Waals surface area contributed by atoms with E-state index in [9.17, 15) is 4.79 Å². The zero-order valence-electron chi connectivity index (χ0n) is 12.7. The van der Waals surface area contributed by atoms with E-state index >= 15 is 0 Å². The Balaban J connectivity index is 1.61. The first kappa shape index (κ1) is 15.6. The van der Waals surface area contributed by atoms with Crippen LogP contribution in [0.15, 0.2) is 18.2 Å². The van der Waals surface area contributed by atoms with E-state index in [1.165, 1.54) is 0 Å². The van der Waals surface area contributed by atoms with Crippen molar-refractivity contribution in [3.8, 4) is 11.5 Å². The van der Waals surface area contributed by atoms with E-state index in [0.29, 0.717) is 32.1 Å². The van der Waals surface area contributed by atoms with Crippen molar-refractivity contribution >= 4 is 5.91 Å². The first-order valence-corrected chi connectivity index (χ1v) is 7.38. The predicted molar refractivity (Wildman–Crippen MR) is 79.6 cm³/mol. The van der Waals surface area contributed by atoms with E-state index in [1.54, 1.807) is 0 Å². The fourth-order valence-electron chi connectivity index (χ4n) is 2.02. The van der Waals surface area contributed by atoms with Gasteiger partial charge in [0, 0.05) is 19.6 Å². The van der Waals surface area contributed by atoms with E-state index in [4.69, 9.17) is 14.2 Å². The third-order valence-electron chi connectivity index (χ3n) is 3.10. The minimum atomic E-state index is 0.0273. The summed E-state index contributed by atoms with van der Waals surface area (Å²) in [5, 5.41) is 2.90. The Labute approximate surface area is 125 Å². The number of fused-ring (bicyclic) bond motifs is 1. The predicted octanol–water partition coefficient (Wildman–Crippen LogP) is 2.14. The molecular weight excluding hydrogens is 270 g/mol. The van der Waals surface area contributed by atoms with Gasteiger partial charge in [-0.05, 0) is 30.0 Å². The highest BCUT2D eigenvalue weighted by molar-refractivity contribution is 5.75. The zero-order valence-corrected chi connectivity index (χ0v) is 12.7. The maximum absolute atomic E-state index is 11.6. The standard InChI is InChI=1S/C16H23NO4/c1-12(2)10-19-8-6-16(18)17-7-5-13-3-4-14-15(9-13)21-11-20-14/h3-4,9,12H,5-8,10-11H2,1-2H3,(H,17,18). The molecule has 1 aromatic rings. The lowest BCUT2D eigenvalue weighted by molar-refractivity contribution is -0.122. The van der Waals surface area contributed by atoms with Gasteiger partial charge in [-0.15, -0.1) is 0 Å². The van der Waals surface area contributed by atoms with Crippen LogP contribution in [0, 0.1) is 5.92 Å². The lowest BCUT2D eigenvalue weighted by Gasteiger charge is -2.08. The normalized spacial score (nSPS) is 12.7. The molecule has 0 bridgehead atoms. The summed E-state index contributed by atoms with van der Waals surface area (Å²) in [6.45, 7) is 6.25. The van der Waals surface area contributed by atoms with E-state index in [0.717, 1.165) is 23.5 Å². The van der Waals surface area contributed by atoms with Gasteiger partial charge in [0.1, 0.15) is 0 Å². The van der Waals surface area contributed by atoms with Crippen molar-refractivity contribution in [3.63, 3.8) is 0 Å². The molecule has 116 valence electrons. The summed E-state index contributed by atoms with van der Waals surface area (Å²) in [4.78, 5) is 11.6. The molecule has 1 aliphatic heterocycles. The zero-order chi connectivity index (χ0) is 15.1. The lowest BCUT2D eigenvalue weighted by atomic mass is 10.1. The molecule has 0 radical (unpaired) electrons. The molecule has 1 aliphatic rings. The van der Waals surface area contributed by atoms with Crippen molar-refractivity contribution in [2.45, 2.75) is 26.7 Å². The van der Waals surface area contributed by atoms with Gasteiger partial charge < -0.3 is 19.5 Å². The molecule has 0 fully saturated rings. The highest BCUT2D eigenvalue weighted by Gasteiger charge is 2.13. The van der Waals surface area contributed by atoms with Crippen LogP contribution < -0.4 is 14.8 Å². The van der Waals surface area contributed by atoms with Crippen LogP contribution in [0.4, 0.5) is 0 Å². The van der Waals surface area contributed by atoms with Gasteiger partial charge in [0.05, 0.1) is 6.61 Å². The second kappa shape index (κ2) is 7.88. The van der Waals surface area contributed by atoms with Crippen LogP contribution in [0.5, 0.6) is 11.5 Å². The van der Waals surface area contributed by atoms with Gasteiger partial charge in [0.15, 0.2) is 11.5 Å². The quantitative estimate of drug-likeness (QED) is 0.746. The summed E-state index contributed by atoms with van der Waals surface area (Å²) in [6, 6.07) is 5.85. The molecule has 0 saturated carbocycles. The molecule has 0 unspecified atom stereocenters. The average Bonchev–Trinajstić information content (AvgIpc) is 2.91. The van der Waals surface area contributed by atoms with Gasteiger partial charge in [0.2, 0.25) is 12.7 Å². The highest BCUT2D eigenvalue weighted by Crippen LogP contribution is 2.32. The molecule has 1 heterocycles. The second-order valence-electron chi connectivity index (χ2n) is 5.51. The Morgan fingerprint density at radius 2 is 2.14 bits per heavy atom. The third-order valence-corrected chi connectivity index (χ3v) is 3.10. The molecular formula is C16H23NO4. The monoisotopic (exact) mass is 293 g/mol. The Hall–Kier alpha value is -1.75. The van der Waals surface area contributed by atoms with Crippen molar-refractivity contribution in [2.24, 2.45) is 5.92 Å². The minimum absolute atomic E-state index is 0.0273. The maximum Gasteiger partial charge on any atom is 0.231 e. The van der Waals surface area contributed by atoms with E-state index in [-0.39, 0.29) is 12.7 Å². The van der Waals surface area contributed by atoms with Crippen molar-refractivity contribution in [1.29, 1.82) is 0 Å². The lowest BCUT2D eigenvalue weighted by Crippen LogP contribution is -2.26. The SMILES string of the molecule is CC(C)COCCC(=O)NCCc1ccc2c(c1)OCO2. The maximum atomic E-state index is 11.6. The first-order chi connectivity index (χ1) is 10.1. The largest absolute Gasteiger partial charge is 0.454 e. The van der Waals surface area contributed by atoms with E-state index < -0.39 is 0 Å². The molecule has 0 aromatic heterocycles. The molecule has 0 aliphatic carbocycles.